The summed E-state index contributed by atoms with van der Waals surface area (Å²) in [5.74, 6) is 3.06. The number of piperidine rings is 1. The van der Waals surface area contributed by atoms with Gasteiger partial charge in [-0.1, -0.05) is 48.9 Å². The molecule has 0 radical (unpaired) electrons. The molecule has 0 amide bonds. The Morgan fingerprint density at radius 1 is 1.13 bits per heavy atom. The fourth-order valence-corrected chi connectivity index (χ4v) is 5.51. The predicted octanol–water partition coefficient (Wildman–Crippen LogP) is 6.19. The van der Waals surface area contributed by atoms with Crippen molar-refractivity contribution in [1.29, 1.82) is 0 Å². The average molecular weight is 552 g/mol. The highest BCUT2D eigenvalue weighted by molar-refractivity contribution is 7.80. The molecule has 0 bridgehead atoms. The molecule has 3 heterocycles. The molecule has 0 spiro atoms. The molecule has 1 aromatic heterocycles. The minimum absolute atomic E-state index is 0.0944. The highest BCUT2D eigenvalue weighted by Gasteiger charge is 2.34. The molecule has 200 valence electrons. The summed E-state index contributed by atoms with van der Waals surface area (Å²) < 4.78 is 11.8. The van der Waals surface area contributed by atoms with Crippen molar-refractivity contribution in [3.8, 4) is 11.6 Å². The van der Waals surface area contributed by atoms with Gasteiger partial charge in [-0.25, -0.2) is 0 Å². The van der Waals surface area contributed by atoms with Gasteiger partial charge in [0.15, 0.2) is 5.11 Å². The Bertz CT molecular complexity index is 1220. The zero-order valence-corrected chi connectivity index (χ0v) is 23.2. The molecule has 2 aliphatic rings. The van der Waals surface area contributed by atoms with Crippen LogP contribution in [-0.4, -0.2) is 47.9 Å². The maximum atomic E-state index is 6.16. The summed E-state index contributed by atoms with van der Waals surface area (Å²) in [5.41, 5.74) is 1.14. The molecular weight excluding hydrogens is 518 g/mol. The van der Waals surface area contributed by atoms with Crippen molar-refractivity contribution >= 4 is 40.7 Å². The highest BCUT2D eigenvalue weighted by atomic mass is 35.5. The lowest BCUT2D eigenvalue weighted by Crippen LogP contribution is -2.45. The van der Waals surface area contributed by atoms with Gasteiger partial charge >= 0.3 is 0 Å². The third-order valence-electron chi connectivity index (χ3n) is 7.35. The van der Waals surface area contributed by atoms with Crippen molar-refractivity contribution in [1.82, 2.24) is 15.3 Å². The maximum absolute atomic E-state index is 6.16. The van der Waals surface area contributed by atoms with Crippen LogP contribution in [0.5, 0.6) is 11.6 Å². The molecule has 0 aliphatic carbocycles. The van der Waals surface area contributed by atoms with E-state index in [1.165, 1.54) is 12.0 Å². The molecular formula is C29H34ClN5O2S. The van der Waals surface area contributed by atoms with E-state index in [1.807, 2.05) is 48.5 Å². The molecule has 7 nitrogen and oxygen atoms in total. The molecule has 1 atom stereocenters. The Balaban J connectivity index is 1.33. The van der Waals surface area contributed by atoms with Gasteiger partial charge < -0.3 is 25.0 Å². The largest absolute Gasteiger partial charge is 0.439 e. The van der Waals surface area contributed by atoms with Crippen molar-refractivity contribution < 1.29 is 9.47 Å². The smallest absolute Gasteiger partial charge is 0.234 e. The summed E-state index contributed by atoms with van der Waals surface area (Å²) in [6.07, 6.45) is 4.17. The SMILES string of the molecule is CC1CCCN(c2cc(Oc3ccccc3)nc(NC(=S)NCC3(c4ccc(Cl)cc4)CCOCC3)n2)C1. The van der Waals surface area contributed by atoms with E-state index >= 15 is 0 Å². The summed E-state index contributed by atoms with van der Waals surface area (Å²) in [5, 5.41) is 7.85. The summed E-state index contributed by atoms with van der Waals surface area (Å²) in [6.45, 7) is 6.28. The number of nitrogens with one attached hydrogen (secondary N) is 2. The molecule has 38 heavy (non-hydrogen) atoms. The van der Waals surface area contributed by atoms with E-state index in [2.05, 4.69) is 39.6 Å². The lowest BCUT2D eigenvalue weighted by Gasteiger charge is -2.38. The lowest BCUT2D eigenvalue weighted by atomic mass is 9.74. The Morgan fingerprint density at radius 2 is 1.89 bits per heavy atom. The van der Waals surface area contributed by atoms with Crippen molar-refractivity contribution in [2.75, 3.05) is 43.1 Å². The van der Waals surface area contributed by atoms with Gasteiger partial charge in [-0.3, -0.25) is 0 Å². The van der Waals surface area contributed by atoms with Gasteiger partial charge in [-0.2, -0.15) is 9.97 Å². The lowest BCUT2D eigenvalue weighted by molar-refractivity contribution is 0.0515. The van der Waals surface area contributed by atoms with E-state index in [4.69, 9.17) is 38.3 Å². The number of ether oxygens (including phenoxy) is 2. The van der Waals surface area contributed by atoms with Crippen LogP contribution in [0.1, 0.15) is 38.2 Å². The number of rotatable bonds is 7. The van der Waals surface area contributed by atoms with Gasteiger partial charge in [-0.15, -0.1) is 0 Å². The van der Waals surface area contributed by atoms with Crippen molar-refractivity contribution in [2.45, 2.75) is 38.0 Å². The minimum Gasteiger partial charge on any atom is -0.439 e. The second-order valence-electron chi connectivity index (χ2n) is 10.2. The Morgan fingerprint density at radius 3 is 2.63 bits per heavy atom. The third kappa shape index (κ3) is 6.73. The fraction of sp³-hybridized carbons (Fsp3) is 0.414. The summed E-state index contributed by atoms with van der Waals surface area (Å²) in [4.78, 5) is 11.7. The van der Waals surface area contributed by atoms with Crippen LogP contribution in [0.15, 0.2) is 60.7 Å². The zero-order chi connectivity index (χ0) is 26.4. The minimum atomic E-state index is -0.0944. The fourth-order valence-electron chi connectivity index (χ4n) is 5.22. The molecule has 3 aromatic rings. The monoisotopic (exact) mass is 551 g/mol. The molecule has 2 aromatic carbocycles. The van der Waals surface area contributed by atoms with Crippen LogP contribution in [0.25, 0.3) is 0 Å². The molecule has 5 rings (SSSR count). The van der Waals surface area contributed by atoms with Crippen LogP contribution in [0, 0.1) is 5.92 Å². The number of thiocarbonyl (C=S) groups is 1. The second-order valence-corrected chi connectivity index (χ2v) is 11.0. The molecule has 2 aliphatic heterocycles. The van der Waals surface area contributed by atoms with Crippen LogP contribution >= 0.6 is 23.8 Å². The number of anilines is 2. The van der Waals surface area contributed by atoms with Crippen LogP contribution in [-0.2, 0) is 10.2 Å². The number of aromatic nitrogens is 2. The van der Waals surface area contributed by atoms with Crippen LogP contribution in [0.3, 0.4) is 0 Å². The average Bonchev–Trinajstić information content (AvgIpc) is 2.93. The Kier molecular flexibility index (Phi) is 8.61. The second kappa shape index (κ2) is 12.3. The van der Waals surface area contributed by atoms with Crippen LogP contribution in [0.4, 0.5) is 11.8 Å². The van der Waals surface area contributed by atoms with E-state index in [9.17, 15) is 0 Å². The number of halogens is 1. The molecule has 0 saturated carbocycles. The summed E-state index contributed by atoms with van der Waals surface area (Å²) >= 11 is 11.9. The van der Waals surface area contributed by atoms with Gasteiger partial charge in [0.2, 0.25) is 11.8 Å². The van der Waals surface area contributed by atoms with Gasteiger partial charge in [0, 0.05) is 49.4 Å². The molecule has 9 heteroatoms. The molecule has 2 fully saturated rings. The highest BCUT2D eigenvalue weighted by Crippen LogP contribution is 2.35. The van der Waals surface area contributed by atoms with Gasteiger partial charge in [0.25, 0.3) is 0 Å². The van der Waals surface area contributed by atoms with Gasteiger partial charge in [0.05, 0.1) is 0 Å². The van der Waals surface area contributed by atoms with E-state index in [0.717, 1.165) is 48.9 Å². The first-order valence-electron chi connectivity index (χ1n) is 13.2. The first-order chi connectivity index (χ1) is 18.5. The van der Waals surface area contributed by atoms with Crippen LogP contribution in [0.2, 0.25) is 5.02 Å². The first kappa shape index (κ1) is 26.7. The molecule has 2 saturated heterocycles. The standard InChI is InChI=1S/C29H34ClN5O2S/c1-21-6-5-15-35(19-21)25-18-26(37-24-7-3-2-4-8-24)33-27(32-25)34-28(38)31-20-29(13-16-36-17-14-29)22-9-11-23(30)12-10-22/h2-4,7-12,18,21H,5-6,13-17,19-20H2,1H3,(H2,31,32,33,34,38). The van der Waals surface area contributed by atoms with E-state index in [-0.39, 0.29) is 5.41 Å². The zero-order valence-electron chi connectivity index (χ0n) is 21.7. The van der Waals surface area contributed by atoms with E-state index in [1.54, 1.807) is 0 Å². The third-order valence-corrected chi connectivity index (χ3v) is 7.85. The van der Waals surface area contributed by atoms with E-state index < -0.39 is 0 Å². The normalized spacial score (nSPS) is 19.0. The summed E-state index contributed by atoms with van der Waals surface area (Å²) in [7, 11) is 0. The number of benzene rings is 2. The maximum Gasteiger partial charge on any atom is 0.234 e. The number of para-hydroxylation sites is 1. The first-order valence-corrected chi connectivity index (χ1v) is 14.0. The van der Waals surface area contributed by atoms with Gasteiger partial charge in [-0.05, 0) is 73.6 Å². The number of hydrogen-bond acceptors (Lipinski definition) is 6. The van der Waals surface area contributed by atoms with Crippen LogP contribution < -0.4 is 20.3 Å². The Labute approximate surface area is 234 Å². The Hall–Kier alpha value is -2.94. The van der Waals surface area contributed by atoms with Crippen molar-refractivity contribution in [2.24, 2.45) is 5.92 Å². The van der Waals surface area contributed by atoms with E-state index in [0.29, 0.717) is 42.6 Å². The molecule has 2 N–H and O–H groups in total. The number of hydrogen-bond donors (Lipinski definition) is 2. The van der Waals surface area contributed by atoms with Gasteiger partial charge in [0.1, 0.15) is 11.6 Å². The van der Waals surface area contributed by atoms with Crippen molar-refractivity contribution in [3.63, 3.8) is 0 Å². The molecule has 1 unspecified atom stereocenters. The summed E-state index contributed by atoms with van der Waals surface area (Å²) in [6, 6.07) is 19.7. The van der Waals surface area contributed by atoms with Crippen molar-refractivity contribution in [3.05, 3.63) is 71.2 Å². The quantitative estimate of drug-likeness (QED) is 0.337. The number of nitrogens with zero attached hydrogens (tertiary/aromatic N) is 3. The topological polar surface area (TPSA) is 71.5 Å². The predicted molar refractivity (Wildman–Crippen MR) is 157 cm³/mol.